The Balaban J connectivity index is 2.42. The van der Waals surface area contributed by atoms with Gasteiger partial charge in [-0.3, -0.25) is 0 Å². The second kappa shape index (κ2) is 2.53. The summed E-state index contributed by atoms with van der Waals surface area (Å²) in [4.78, 5) is 0.596. The highest BCUT2D eigenvalue weighted by molar-refractivity contribution is 9.09. The molecule has 0 aliphatic heterocycles. The van der Waals surface area contributed by atoms with E-state index in [1.54, 1.807) is 0 Å². The van der Waals surface area contributed by atoms with Gasteiger partial charge in [0.2, 0.25) is 0 Å². The zero-order chi connectivity index (χ0) is 5.98. The number of aliphatic hydroxyl groups excluding tert-OH is 1. The molecule has 1 N–H and O–H groups in total. The minimum atomic E-state index is 0.556. The normalized spacial score (nSPS) is 29.6. The van der Waals surface area contributed by atoms with Crippen LogP contribution in [0.15, 0.2) is 11.8 Å². The summed E-state index contributed by atoms with van der Waals surface area (Å²) in [5.41, 5.74) is 0. The van der Waals surface area contributed by atoms with Crippen LogP contribution >= 0.6 is 15.9 Å². The van der Waals surface area contributed by atoms with E-state index in [-0.39, 0.29) is 0 Å². The Kier molecular flexibility index (Phi) is 1.95. The molecule has 8 heavy (non-hydrogen) atoms. The van der Waals surface area contributed by atoms with Gasteiger partial charge in [-0.15, -0.1) is 0 Å². The van der Waals surface area contributed by atoms with Crippen LogP contribution in [0.25, 0.3) is 0 Å². The zero-order valence-corrected chi connectivity index (χ0v) is 6.19. The van der Waals surface area contributed by atoms with Gasteiger partial charge in [0.25, 0.3) is 0 Å². The third-order valence-electron chi connectivity index (χ3n) is 1.32. The molecule has 0 aromatic heterocycles. The molecule has 1 aliphatic rings. The first-order valence-electron chi connectivity index (χ1n) is 2.81. The van der Waals surface area contributed by atoms with Crippen molar-refractivity contribution < 1.29 is 5.11 Å². The third-order valence-corrected chi connectivity index (χ3v) is 2.15. The van der Waals surface area contributed by atoms with Gasteiger partial charge in [0.05, 0.1) is 5.76 Å². The quantitative estimate of drug-likeness (QED) is 0.563. The number of hydrogen-bond donors (Lipinski definition) is 1. The maximum absolute atomic E-state index is 8.87. The number of rotatable bonds is 0. The van der Waals surface area contributed by atoms with Crippen molar-refractivity contribution >= 4 is 15.9 Å². The average molecular weight is 177 g/mol. The van der Waals surface area contributed by atoms with Crippen LogP contribution in [0.1, 0.15) is 19.3 Å². The average Bonchev–Trinajstić information content (AvgIpc) is 1.77. The van der Waals surface area contributed by atoms with E-state index in [0.29, 0.717) is 10.6 Å². The molecule has 1 nitrogen and oxygen atoms in total. The lowest BCUT2D eigenvalue weighted by atomic mass is 10.1. The Hall–Kier alpha value is 0.0200. The fourth-order valence-electron chi connectivity index (χ4n) is 0.788. The molecule has 2 heteroatoms. The van der Waals surface area contributed by atoms with E-state index in [0.717, 1.165) is 19.3 Å². The van der Waals surface area contributed by atoms with Crippen molar-refractivity contribution in [1.82, 2.24) is 0 Å². The van der Waals surface area contributed by atoms with E-state index in [1.165, 1.54) is 0 Å². The molecule has 1 atom stereocenters. The summed E-state index contributed by atoms with van der Waals surface area (Å²) < 4.78 is 0. The van der Waals surface area contributed by atoms with Crippen LogP contribution in [0, 0.1) is 0 Å². The molecule has 0 bridgehead atoms. The van der Waals surface area contributed by atoms with Gasteiger partial charge in [-0.05, 0) is 18.9 Å². The Morgan fingerprint density at radius 3 is 2.88 bits per heavy atom. The van der Waals surface area contributed by atoms with Gasteiger partial charge >= 0.3 is 0 Å². The summed E-state index contributed by atoms with van der Waals surface area (Å²) >= 11 is 3.46. The van der Waals surface area contributed by atoms with Crippen LogP contribution < -0.4 is 0 Å². The molecule has 1 aliphatic carbocycles. The predicted octanol–water partition coefficient (Wildman–Crippen LogP) is 2.38. The highest BCUT2D eigenvalue weighted by Crippen LogP contribution is 2.21. The molecule has 46 valence electrons. The van der Waals surface area contributed by atoms with Crippen molar-refractivity contribution in [2.45, 2.75) is 24.1 Å². The van der Waals surface area contributed by atoms with Crippen molar-refractivity contribution in [2.75, 3.05) is 0 Å². The van der Waals surface area contributed by atoms with E-state index in [1.807, 2.05) is 6.08 Å². The van der Waals surface area contributed by atoms with E-state index in [2.05, 4.69) is 15.9 Å². The standard InChI is InChI=1S/C6H9BrO/c7-5-1-3-6(8)4-2-5/h3,5,8H,1-2,4H2. The van der Waals surface area contributed by atoms with Crippen molar-refractivity contribution in [2.24, 2.45) is 0 Å². The number of hydrogen-bond acceptors (Lipinski definition) is 1. The minimum absolute atomic E-state index is 0.556. The fourth-order valence-corrected chi connectivity index (χ4v) is 1.20. The van der Waals surface area contributed by atoms with Crippen LogP contribution in [-0.2, 0) is 0 Å². The lowest BCUT2D eigenvalue weighted by Gasteiger charge is -2.11. The van der Waals surface area contributed by atoms with Gasteiger partial charge in [0.15, 0.2) is 0 Å². The smallest absolute Gasteiger partial charge is 0.0883 e. The monoisotopic (exact) mass is 176 g/mol. The summed E-state index contributed by atoms with van der Waals surface area (Å²) in [7, 11) is 0. The fraction of sp³-hybridized carbons (Fsp3) is 0.667. The molecule has 1 unspecified atom stereocenters. The SMILES string of the molecule is OC1=CCC(Br)CC1. The molecule has 0 fully saturated rings. The molecule has 0 radical (unpaired) electrons. The van der Waals surface area contributed by atoms with Gasteiger partial charge in [-0.2, -0.15) is 0 Å². The van der Waals surface area contributed by atoms with Gasteiger partial charge in [0, 0.05) is 11.2 Å². The molecule has 0 aromatic carbocycles. The van der Waals surface area contributed by atoms with Crippen molar-refractivity contribution in [3.63, 3.8) is 0 Å². The van der Waals surface area contributed by atoms with E-state index in [4.69, 9.17) is 5.11 Å². The van der Waals surface area contributed by atoms with Crippen LogP contribution in [-0.4, -0.2) is 9.93 Å². The van der Waals surface area contributed by atoms with Crippen molar-refractivity contribution in [1.29, 1.82) is 0 Å². The lowest BCUT2D eigenvalue weighted by Crippen LogP contribution is -2.02. The highest BCUT2D eigenvalue weighted by atomic mass is 79.9. The number of aliphatic hydroxyl groups is 1. The minimum Gasteiger partial charge on any atom is -0.513 e. The Morgan fingerprint density at radius 2 is 2.50 bits per heavy atom. The van der Waals surface area contributed by atoms with E-state index in [9.17, 15) is 0 Å². The maximum Gasteiger partial charge on any atom is 0.0883 e. The third kappa shape index (κ3) is 1.51. The van der Waals surface area contributed by atoms with Crippen LogP contribution in [0.2, 0.25) is 0 Å². The topological polar surface area (TPSA) is 20.2 Å². The summed E-state index contributed by atoms with van der Waals surface area (Å²) in [6.07, 6.45) is 4.77. The number of allylic oxidation sites excluding steroid dienone is 2. The summed E-state index contributed by atoms with van der Waals surface area (Å²) in [6.45, 7) is 0. The molecule has 0 spiro atoms. The van der Waals surface area contributed by atoms with Gasteiger partial charge in [0.1, 0.15) is 0 Å². The second-order valence-electron chi connectivity index (χ2n) is 2.07. The first kappa shape index (κ1) is 6.14. The molecule has 0 aromatic rings. The lowest BCUT2D eigenvalue weighted by molar-refractivity contribution is 0.371. The molecule has 0 saturated carbocycles. The van der Waals surface area contributed by atoms with Gasteiger partial charge < -0.3 is 5.11 Å². The summed E-state index contributed by atoms with van der Waals surface area (Å²) in [5.74, 6) is 0.556. The Morgan fingerprint density at radius 1 is 1.75 bits per heavy atom. The first-order chi connectivity index (χ1) is 3.79. The van der Waals surface area contributed by atoms with Crippen LogP contribution in [0.5, 0.6) is 0 Å². The zero-order valence-electron chi connectivity index (χ0n) is 4.60. The first-order valence-corrected chi connectivity index (χ1v) is 3.72. The largest absolute Gasteiger partial charge is 0.513 e. The summed E-state index contributed by atoms with van der Waals surface area (Å²) in [5, 5.41) is 8.87. The second-order valence-corrected chi connectivity index (χ2v) is 3.36. The van der Waals surface area contributed by atoms with Gasteiger partial charge in [-0.25, -0.2) is 0 Å². The number of halogens is 1. The van der Waals surface area contributed by atoms with Crippen LogP contribution in [0.4, 0.5) is 0 Å². The molecule has 1 rings (SSSR count). The maximum atomic E-state index is 8.87. The molecule has 0 amide bonds. The highest BCUT2D eigenvalue weighted by Gasteiger charge is 2.08. The predicted molar refractivity (Wildman–Crippen MR) is 37.3 cm³/mol. The molecular weight excluding hydrogens is 168 g/mol. The van der Waals surface area contributed by atoms with Crippen molar-refractivity contribution in [3.8, 4) is 0 Å². The van der Waals surface area contributed by atoms with Crippen LogP contribution in [0.3, 0.4) is 0 Å². The number of alkyl halides is 1. The molecule has 0 heterocycles. The summed E-state index contributed by atoms with van der Waals surface area (Å²) in [6, 6.07) is 0. The Labute approximate surface area is 57.5 Å². The van der Waals surface area contributed by atoms with Crippen molar-refractivity contribution in [3.05, 3.63) is 11.8 Å². The van der Waals surface area contributed by atoms with E-state index >= 15 is 0 Å². The van der Waals surface area contributed by atoms with E-state index < -0.39 is 0 Å². The molecule has 0 saturated heterocycles. The van der Waals surface area contributed by atoms with Gasteiger partial charge in [-0.1, -0.05) is 15.9 Å². The Bertz CT molecular complexity index is 109. The molecular formula is C6H9BrO.